The standard InChI is InChI=1S/C13H18F3N3.C5H10O2/c1-9(19-4-2-18-3-5-19)10-6-11(13(14,15)16)8-12(17)7-10;1-5(2,3)7-4-6/h6-9,18H,2-5,17H2,1H3;4H,1-3H3. The van der Waals surface area contributed by atoms with Crippen LogP contribution in [0.5, 0.6) is 0 Å². The van der Waals surface area contributed by atoms with Gasteiger partial charge in [0.05, 0.1) is 5.56 Å². The molecule has 0 aliphatic carbocycles. The highest BCUT2D eigenvalue weighted by Gasteiger charge is 2.32. The summed E-state index contributed by atoms with van der Waals surface area (Å²) in [6.45, 7) is 11.2. The predicted octanol–water partition coefficient (Wildman–Crippen LogP) is 3.21. The average molecular weight is 375 g/mol. The molecule has 1 atom stereocenters. The zero-order valence-electron chi connectivity index (χ0n) is 15.7. The quantitative estimate of drug-likeness (QED) is 0.627. The number of anilines is 1. The Morgan fingerprint density at radius 1 is 1.19 bits per heavy atom. The van der Waals surface area contributed by atoms with Gasteiger partial charge in [-0.2, -0.15) is 13.2 Å². The lowest BCUT2D eigenvalue weighted by Crippen LogP contribution is -2.44. The number of halogens is 3. The van der Waals surface area contributed by atoms with E-state index in [1.165, 1.54) is 6.07 Å². The van der Waals surface area contributed by atoms with Gasteiger partial charge >= 0.3 is 6.18 Å². The van der Waals surface area contributed by atoms with Crippen molar-refractivity contribution in [2.24, 2.45) is 0 Å². The Morgan fingerprint density at radius 2 is 1.77 bits per heavy atom. The summed E-state index contributed by atoms with van der Waals surface area (Å²) in [4.78, 5) is 11.8. The number of nitrogens with zero attached hydrogens (tertiary/aromatic N) is 1. The van der Waals surface area contributed by atoms with Gasteiger partial charge in [-0.05, 0) is 51.5 Å². The number of hydrogen-bond donors (Lipinski definition) is 2. The third-order valence-electron chi connectivity index (χ3n) is 3.89. The van der Waals surface area contributed by atoms with Crippen molar-refractivity contribution in [3.05, 3.63) is 29.3 Å². The lowest BCUT2D eigenvalue weighted by Gasteiger charge is -2.33. The molecule has 5 nitrogen and oxygen atoms in total. The average Bonchev–Trinajstić information content (AvgIpc) is 2.53. The first kappa shape index (κ1) is 22.2. The van der Waals surface area contributed by atoms with Crippen LogP contribution in [0, 0.1) is 0 Å². The van der Waals surface area contributed by atoms with Crippen LogP contribution in [0.3, 0.4) is 0 Å². The van der Waals surface area contributed by atoms with Gasteiger partial charge in [0, 0.05) is 37.9 Å². The van der Waals surface area contributed by atoms with E-state index in [4.69, 9.17) is 5.73 Å². The summed E-state index contributed by atoms with van der Waals surface area (Å²) in [5.41, 5.74) is 5.38. The molecule has 1 heterocycles. The molecule has 148 valence electrons. The third kappa shape index (κ3) is 7.61. The molecule has 1 aromatic rings. The van der Waals surface area contributed by atoms with Gasteiger partial charge in [0.15, 0.2) is 0 Å². The highest BCUT2D eigenvalue weighted by molar-refractivity contribution is 5.46. The molecule has 3 N–H and O–H groups in total. The Morgan fingerprint density at radius 3 is 2.19 bits per heavy atom. The van der Waals surface area contributed by atoms with Crippen molar-refractivity contribution in [2.75, 3.05) is 31.9 Å². The molecule has 1 unspecified atom stereocenters. The summed E-state index contributed by atoms with van der Waals surface area (Å²) in [5.74, 6) is 0. The number of nitrogens with one attached hydrogen (secondary N) is 1. The summed E-state index contributed by atoms with van der Waals surface area (Å²) in [6, 6.07) is 3.74. The normalized spacial score (nSPS) is 17.0. The maximum Gasteiger partial charge on any atom is 0.416 e. The molecule has 0 spiro atoms. The van der Waals surface area contributed by atoms with Crippen LogP contribution < -0.4 is 11.1 Å². The van der Waals surface area contributed by atoms with E-state index in [1.807, 2.05) is 27.7 Å². The van der Waals surface area contributed by atoms with Gasteiger partial charge in [-0.25, -0.2) is 0 Å². The lowest BCUT2D eigenvalue weighted by atomic mass is 10.0. The van der Waals surface area contributed by atoms with Crippen molar-refractivity contribution in [2.45, 2.75) is 45.5 Å². The number of carbonyl (C=O) groups excluding carboxylic acids is 1. The van der Waals surface area contributed by atoms with E-state index >= 15 is 0 Å². The van der Waals surface area contributed by atoms with E-state index in [-0.39, 0.29) is 17.3 Å². The van der Waals surface area contributed by atoms with Gasteiger partial charge in [0.2, 0.25) is 0 Å². The minimum absolute atomic E-state index is 0.0632. The van der Waals surface area contributed by atoms with Crippen LogP contribution in [0.25, 0.3) is 0 Å². The number of alkyl halides is 3. The van der Waals surface area contributed by atoms with E-state index in [2.05, 4.69) is 15.0 Å². The molecule has 2 rings (SSSR count). The van der Waals surface area contributed by atoms with Crippen molar-refractivity contribution < 1.29 is 22.7 Å². The van der Waals surface area contributed by atoms with Crippen LogP contribution in [-0.2, 0) is 15.7 Å². The number of ether oxygens (including phenoxy) is 1. The fourth-order valence-electron chi connectivity index (χ4n) is 2.51. The fraction of sp³-hybridized carbons (Fsp3) is 0.611. The zero-order valence-corrected chi connectivity index (χ0v) is 15.7. The molecule has 26 heavy (non-hydrogen) atoms. The summed E-state index contributed by atoms with van der Waals surface area (Å²) < 4.78 is 42.9. The molecule has 0 saturated carbocycles. The molecule has 0 aromatic heterocycles. The number of piperazine rings is 1. The number of rotatable bonds is 3. The van der Waals surface area contributed by atoms with Crippen LogP contribution in [0.1, 0.15) is 44.9 Å². The largest absolute Gasteiger partial charge is 0.462 e. The molecule has 1 fully saturated rings. The molecule has 8 heteroatoms. The third-order valence-corrected chi connectivity index (χ3v) is 3.89. The topological polar surface area (TPSA) is 67.6 Å². The predicted molar refractivity (Wildman–Crippen MR) is 95.6 cm³/mol. The van der Waals surface area contributed by atoms with E-state index in [1.54, 1.807) is 6.07 Å². The summed E-state index contributed by atoms with van der Waals surface area (Å²) >= 11 is 0. The van der Waals surface area contributed by atoms with Gasteiger partial charge in [-0.3, -0.25) is 9.69 Å². The van der Waals surface area contributed by atoms with Gasteiger partial charge in [-0.15, -0.1) is 0 Å². The molecule has 1 saturated heterocycles. The summed E-state index contributed by atoms with van der Waals surface area (Å²) in [6.07, 6.45) is -4.35. The monoisotopic (exact) mass is 375 g/mol. The number of hydrogen-bond acceptors (Lipinski definition) is 5. The van der Waals surface area contributed by atoms with Crippen molar-refractivity contribution >= 4 is 12.2 Å². The van der Waals surface area contributed by atoms with Crippen molar-refractivity contribution in [3.63, 3.8) is 0 Å². The van der Waals surface area contributed by atoms with Crippen LogP contribution in [-0.4, -0.2) is 43.2 Å². The second-order valence-electron chi connectivity index (χ2n) is 7.17. The second kappa shape index (κ2) is 9.23. The number of nitrogen functional groups attached to an aromatic ring is 1. The Kier molecular flexibility index (Phi) is 7.89. The van der Waals surface area contributed by atoms with Gasteiger partial charge in [0.1, 0.15) is 5.60 Å². The highest BCUT2D eigenvalue weighted by atomic mass is 19.4. The lowest BCUT2D eigenvalue weighted by molar-refractivity contribution is -0.139. The van der Waals surface area contributed by atoms with Crippen LogP contribution in [0.4, 0.5) is 18.9 Å². The minimum Gasteiger partial charge on any atom is -0.462 e. The Labute approximate surface area is 152 Å². The zero-order chi connectivity index (χ0) is 20.0. The maximum absolute atomic E-state index is 12.8. The summed E-state index contributed by atoms with van der Waals surface area (Å²) in [5, 5.41) is 3.22. The Hall–Kier alpha value is -1.80. The Bertz CT molecular complexity index is 580. The molecule has 0 amide bonds. The van der Waals surface area contributed by atoms with Gasteiger partial charge in [0.25, 0.3) is 6.47 Å². The first-order chi connectivity index (χ1) is 11.9. The maximum atomic E-state index is 12.8. The first-order valence-corrected chi connectivity index (χ1v) is 8.48. The molecular formula is C18H28F3N3O2. The van der Waals surface area contributed by atoms with Gasteiger partial charge in [-0.1, -0.05) is 0 Å². The van der Waals surface area contributed by atoms with Crippen LogP contribution in [0.15, 0.2) is 18.2 Å². The minimum atomic E-state index is -4.35. The number of carbonyl (C=O) groups is 1. The smallest absolute Gasteiger partial charge is 0.416 e. The second-order valence-corrected chi connectivity index (χ2v) is 7.17. The fourth-order valence-corrected chi connectivity index (χ4v) is 2.51. The number of benzene rings is 1. The molecule has 0 radical (unpaired) electrons. The van der Waals surface area contributed by atoms with E-state index in [9.17, 15) is 18.0 Å². The van der Waals surface area contributed by atoms with Crippen molar-refractivity contribution in [1.82, 2.24) is 10.2 Å². The van der Waals surface area contributed by atoms with Gasteiger partial charge < -0.3 is 15.8 Å². The molecule has 1 aliphatic heterocycles. The van der Waals surface area contributed by atoms with E-state index in [0.717, 1.165) is 32.2 Å². The Balaban J connectivity index is 0.000000412. The van der Waals surface area contributed by atoms with Crippen molar-refractivity contribution in [1.29, 1.82) is 0 Å². The number of nitrogens with two attached hydrogens (primary N) is 1. The first-order valence-electron chi connectivity index (χ1n) is 8.48. The summed E-state index contributed by atoms with van der Waals surface area (Å²) in [7, 11) is 0. The highest BCUT2D eigenvalue weighted by Crippen LogP contribution is 2.33. The molecule has 1 aromatic carbocycles. The van der Waals surface area contributed by atoms with E-state index < -0.39 is 11.7 Å². The van der Waals surface area contributed by atoms with Crippen molar-refractivity contribution in [3.8, 4) is 0 Å². The molecule has 1 aliphatic rings. The van der Waals surface area contributed by atoms with Crippen LogP contribution >= 0.6 is 0 Å². The van der Waals surface area contributed by atoms with E-state index in [0.29, 0.717) is 12.0 Å². The SMILES string of the molecule is CC(C)(C)OC=O.CC(c1cc(N)cc(C(F)(F)F)c1)N1CCNCC1. The molecule has 0 bridgehead atoms. The molecular weight excluding hydrogens is 347 g/mol. The van der Waals surface area contributed by atoms with Crippen LogP contribution in [0.2, 0.25) is 0 Å².